The highest BCUT2D eigenvalue weighted by Crippen LogP contribution is 2.14. The van der Waals surface area contributed by atoms with Crippen LogP contribution in [0.2, 0.25) is 0 Å². The summed E-state index contributed by atoms with van der Waals surface area (Å²) in [5.41, 5.74) is 4.47. The molecule has 0 unspecified atom stereocenters. The number of rotatable bonds is 7. The van der Waals surface area contributed by atoms with E-state index >= 15 is 0 Å². The summed E-state index contributed by atoms with van der Waals surface area (Å²) in [6, 6.07) is 13.9. The van der Waals surface area contributed by atoms with Gasteiger partial charge in [0.2, 0.25) is 5.91 Å². The molecule has 4 heteroatoms. The van der Waals surface area contributed by atoms with E-state index in [1.54, 1.807) is 0 Å². The quantitative estimate of drug-likeness (QED) is 0.813. The molecule has 0 bridgehead atoms. The normalized spacial score (nSPS) is 10.5. The maximum Gasteiger partial charge on any atom is 0.239 e. The summed E-state index contributed by atoms with van der Waals surface area (Å²) in [5, 5.41) is 6.06. The molecule has 0 radical (unpaired) electrons. The van der Waals surface area contributed by atoms with Gasteiger partial charge in [0, 0.05) is 12.2 Å². The molecule has 0 heterocycles. The lowest BCUT2D eigenvalue weighted by atomic mass is 10.1. The zero-order valence-corrected chi connectivity index (χ0v) is 14.8. The molecule has 0 atom stereocenters. The van der Waals surface area contributed by atoms with E-state index in [0.717, 1.165) is 17.0 Å². The molecule has 2 aromatic carbocycles. The summed E-state index contributed by atoms with van der Waals surface area (Å²) in [7, 11) is 0. The molecular formula is C20H26N2O2. The van der Waals surface area contributed by atoms with Crippen LogP contribution in [-0.2, 0) is 11.3 Å². The highest BCUT2D eigenvalue weighted by atomic mass is 16.5. The minimum atomic E-state index is -0.0317. The van der Waals surface area contributed by atoms with Crippen LogP contribution in [0.15, 0.2) is 42.5 Å². The van der Waals surface area contributed by atoms with Gasteiger partial charge >= 0.3 is 0 Å². The van der Waals surface area contributed by atoms with Crippen LogP contribution < -0.4 is 15.4 Å². The summed E-state index contributed by atoms with van der Waals surface area (Å²) < 4.78 is 5.60. The number of hydrogen-bond donors (Lipinski definition) is 2. The largest absolute Gasteiger partial charge is 0.491 e. The molecule has 0 fully saturated rings. The molecule has 128 valence electrons. The third-order valence-corrected chi connectivity index (χ3v) is 3.74. The van der Waals surface area contributed by atoms with Crippen molar-refractivity contribution in [2.75, 3.05) is 11.9 Å². The highest BCUT2D eigenvalue weighted by molar-refractivity contribution is 5.80. The fourth-order valence-corrected chi connectivity index (χ4v) is 2.25. The molecule has 0 saturated carbocycles. The summed E-state index contributed by atoms with van der Waals surface area (Å²) >= 11 is 0. The first-order chi connectivity index (χ1) is 11.4. The van der Waals surface area contributed by atoms with Crippen molar-refractivity contribution in [2.45, 2.75) is 40.3 Å². The Morgan fingerprint density at radius 1 is 1.04 bits per heavy atom. The fourth-order valence-electron chi connectivity index (χ4n) is 2.25. The van der Waals surface area contributed by atoms with Gasteiger partial charge in [0.15, 0.2) is 0 Å². The van der Waals surface area contributed by atoms with Crippen molar-refractivity contribution in [2.24, 2.45) is 0 Å². The second-order valence-electron chi connectivity index (χ2n) is 6.24. The Bertz CT molecular complexity index is 679. The molecule has 1 amide bonds. The standard InChI is InChI=1S/C20H26N2O2/c1-14(2)24-19-9-6-17(7-10-19)12-22-20(23)13-21-18-8-5-15(3)16(4)11-18/h5-11,14,21H,12-13H2,1-4H3,(H,22,23). The molecule has 0 aliphatic rings. The maximum absolute atomic E-state index is 12.0. The smallest absolute Gasteiger partial charge is 0.239 e. The highest BCUT2D eigenvalue weighted by Gasteiger charge is 2.03. The van der Waals surface area contributed by atoms with Crippen LogP contribution in [0.1, 0.15) is 30.5 Å². The third kappa shape index (κ3) is 5.61. The van der Waals surface area contributed by atoms with E-state index in [4.69, 9.17) is 4.74 Å². The Balaban J connectivity index is 1.77. The van der Waals surface area contributed by atoms with Gasteiger partial charge in [-0.15, -0.1) is 0 Å². The van der Waals surface area contributed by atoms with Crippen molar-refractivity contribution >= 4 is 11.6 Å². The molecule has 0 aliphatic heterocycles. The first-order valence-corrected chi connectivity index (χ1v) is 8.27. The van der Waals surface area contributed by atoms with Crippen molar-refractivity contribution in [3.63, 3.8) is 0 Å². The number of amides is 1. The van der Waals surface area contributed by atoms with Gasteiger partial charge in [0.05, 0.1) is 12.6 Å². The Labute approximate surface area is 144 Å². The summed E-state index contributed by atoms with van der Waals surface area (Å²) in [6.07, 6.45) is 0.159. The van der Waals surface area contributed by atoms with E-state index in [0.29, 0.717) is 6.54 Å². The topological polar surface area (TPSA) is 50.4 Å². The average molecular weight is 326 g/mol. The van der Waals surface area contributed by atoms with Crippen molar-refractivity contribution < 1.29 is 9.53 Å². The van der Waals surface area contributed by atoms with Crippen molar-refractivity contribution in [1.82, 2.24) is 5.32 Å². The number of benzene rings is 2. The van der Waals surface area contributed by atoms with Gasteiger partial charge < -0.3 is 15.4 Å². The number of hydrogen-bond acceptors (Lipinski definition) is 3. The first kappa shape index (κ1) is 17.9. The SMILES string of the molecule is Cc1ccc(NCC(=O)NCc2ccc(OC(C)C)cc2)cc1C. The van der Waals surface area contributed by atoms with Gasteiger partial charge in [-0.25, -0.2) is 0 Å². The Morgan fingerprint density at radius 2 is 1.75 bits per heavy atom. The minimum Gasteiger partial charge on any atom is -0.491 e. The molecule has 2 rings (SSSR count). The van der Waals surface area contributed by atoms with Crippen LogP contribution >= 0.6 is 0 Å². The van der Waals surface area contributed by atoms with Crippen LogP contribution in [-0.4, -0.2) is 18.6 Å². The third-order valence-electron chi connectivity index (χ3n) is 3.74. The molecular weight excluding hydrogens is 300 g/mol. The number of nitrogens with one attached hydrogen (secondary N) is 2. The number of aryl methyl sites for hydroxylation is 2. The van der Waals surface area contributed by atoms with E-state index in [2.05, 4.69) is 36.6 Å². The Hall–Kier alpha value is -2.49. The summed E-state index contributed by atoms with van der Waals surface area (Å²) in [4.78, 5) is 12.0. The van der Waals surface area contributed by atoms with Crippen LogP contribution in [0.4, 0.5) is 5.69 Å². The molecule has 4 nitrogen and oxygen atoms in total. The lowest BCUT2D eigenvalue weighted by Crippen LogP contribution is -2.29. The average Bonchev–Trinajstić information content (AvgIpc) is 2.55. The van der Waals surface area contributed by atoms with E-state index in [1.807, 2.05) is 44.2 Å². The molecule has 24 heavy (non-hydrogen) atoms. The zero-order valence-electron chi connectivity index (χ0n) is 14.8. The van der Waals surface area contributed by atoms with Crippen molar-refractivity contribution in [3.8, 4) is 5.75 Å². The summed E-state index contributed by atoms with van der Waals surface area (Å²) in [6.45, 7) is 8.90. The second kappa shape index (κ2) is 8.39. The molecule has 2 N–H and O–H groups in total. The predicted molar refractivity (Wildman–Crippen MR) is 98.5 cm³/mol. The number of carbonyl (C=O) groups is 1. The van der Waals surface area contributed by atoms with Gasteiger partial charge in [0.25, 0.3) is 0 Å². The van der Waals surface area contributed by atoms with Crippen LogP contribution in [0.5, 0.6) is 5.75 Å². The van der Waals surface area contributed by atoms with E-state index in [1.165, 1.54) is 11.1 Å². The van der Waals surface area contributed by atoms with Crippen LogP contribution in [0.25, 0.3) is 0 Å². The minimum absolute atomic E-state index is 0.0317. The van der Waals surface area contributed by atoms with Gasteiger partial charge in [-0.2, -0.15) is 0 Å². The zero-order chi connectivity index (χ0) is 17.5. The molecule has 0 aromatic heterocycles. The predicted octanol–water partition coefficient (Wildman–Crippen LogP) is 3.82. The van der Waals surface area contributed by atoms with Gasteiger partial charge in [-0.3, -0.25) is 4.79 Å². The van der Waals surface area contributed by atoms with Crippen LogP contribution in [0.3, 0.4) is 0 Å². The van der Waals surface area contributed by atoms with E-state index in [9.17, 15) is 4.79 Å². The lowest BCUT2D eigenvalue weighted by molar-refractivity contribution is -0.119. The Morgan fingerprint density at radius 3 is 2.38 bits per heavy atom. The van der Waals surface area contributed by atoms with E-state index in [-0.39, 0.29) is 18.6 Å². The number of ether oxygens (including phenoxy) is 1. The molecule has 2 aromatic rings. The first-order valence-electron chi connectivity index (χ1n) is 8.27. The molecule has 0 aliphatic carbocycles. The lowest BCUT2D eigenvalue weighted by Gasteiger charge is -2.11. The van der Waals surface area contributed by atoms with Gasteiger partial charge in [0.1, 0.15) is 5.75 Å². The Kier molecular flexibility index (Phi) is 6.24. The van der Waals surface area contributed by atoms with E-state index < -0.39 is 0 Å². The van der Waals surface area contributed by atoms with Crippen molar-refractivity contribution in [3.05, 3.63) is 59.2 Å². The number of carbonyl (C=O) groups excluding carboxylic acids is 1. The molecule has 0 saturated heterocycles. The molecule has 0 spiro atoms. The second-order valence-corrected chi connectivity index (χ2v) is 6.24. The number of anilines is 1. The van der Waals surface area contributed by atoms with Crippen molar-refractivity contribution in [1.29, 1.82) is 0 Å². The fraction of sp³-hybridized carbons (Fsp3) is 0.350. The van der Waals surface area contributed by atoms with Gasteiger partial charge in [-0.05, 0) is 68.7 Å². The summed E-state index contributed by atoms with van der Waals surface area (Å²) in [5.74, 6) is 0.812. The van der Waals surface area contributed by atoms with Crippen LogP contribution in [0, 0.1) is 13.8 Å². The monoisotopic (exact) mass is 326 g/mol. The van der Waals surface area contributed by atoms with Gasteiger partial charge in [-0.1, -0.05) is 18.2 Å². The maximum atomic E-state index is 12.0.